The van der Waals surface area contributed by atoms with Crippen molar-refractivity contribution in [3.63, 3.8) is 0 Å². The normalized spacial score (nSPS) is 15.1. The van der Waals surface area contributed by atoms with Gasteiger partial charge in [0.2, 0.25) is 0 Å². The molecule has 4 rings (SSSR count). The first-order valence-electron chi connectivity index (χ1n) is 11.5. The fourth-order valence-corrected chi connectivity index (χ4v) is 4.87. The molecule has 0 radical (unpaired) electrons. The lowest BCUT2D eigenvalue weighted by atomic mass is 10.0. The second-order valence-electron chi connectivity index (χ2n) is 8.70. The van der Waals surface area contributed by atoms with Crippen LogP contribution in [-0.2, 0) is 6.42 Å². The minimum Gasteiger partial charge on any atom is -0.353 e. The second kappa shape index (κ2) is 9.82. The molecule has 0 bridgehead atoms. The zero-order valence-corrected chi connectivity index (χ0v) is 20.3. The second-order valence-corrected chi connectivity index (χ2v) is 9.65. The molecule has 0 N–H and O–H groups in total. The summed E-state index contributed by atoms with van der Waals surface area (Å²) in [5, 5.41) is 1.96. The van der Waals surface area contributed by atoms with E-state index in [0.717, 1.165) is 48.1 Å². The van der Waals surface area contributed by atoms with Gasteiger partial charge in [-0.2, -0.15) is 0 Å². The van der Waals surface area contributed by atoms with Gasteiger partial charge in [-0.3, -0.25) is 4.79 Å². The number of hydrogen-bond donors (Lipinski definition) is 0. The number of nitrogens with zero attached hydrogens (tertiary/aromatic N) is 4. The Hall–Kier alpha value is -2.73. The fourth-order valence-electron chi connectivity index (χ4n) is 4.18. The zero-order chi connectivity index (χ0) is 22.7. The number of benzene rings is 1. The summed E-state index contributed by atoms with van der Waals surface area (Å²) >= 11 is 1.51. The van der Waals surface area contributed by atoms with Gasteiger partial charge in [0, 0.05) is 49.8 Å². The predicted molar refractivity (Wildman–Crippen MR) is 132 cm³/mol. The maximum absolute atomic E-state index is 12.8. The van der Waals surface area contributed by atoms with E-state index >= 15 is 0 Å². The van der Waals surface area contributed by atoms with Gasteiger partial charge in [0.15, 0.2) is 0 Å². The van der Waals surface area contributed by atoms with E-state index in [1.54, 1.807) is 0 Å². The Morgan fingerprint density at radius 2 is 1.88 bits per heavy atom. The van der Waals surface area contributed by atoms with Crippen molar-refractivity contribution in [1.82, 2.24) is 14.9 Å². The molecule has 6 heteroatoms. The number of anilines is 1. The lowest BCUT2D eigenvalue weighted by Gasteiger charge is -2.36. The standard InChI is InChI=1S/C26H32N4OS/c1-5-19(3)24-27-20(4)22(17-21-9-6-8-18(2)16-21)25(28-24)29-11-13-30(14-12-29)26(31)23-10-7-15-32-23/h6-10,15-16,19H,5,11-14,17H2,1-4H3/t19-/m0/s1. The molecule has 2 aromatic heterocycles. The van der Waals surface area contributed by atoms with E-state index in [0.29, 0.717) is 19.0 Å². The van der Waals surface area contributed by atoms with E-state index in [4.69, 9.17) is 9.97 Å². The van der Waals surface area contributed by atoms with Gasteiger partial charge in [0.1, 0.15) is 11.6 Å². The molecule has 1 saturated heterocycles. The maximum Gasteiger partial charge on any atom is 0.264 e. The molecule has 1 aliphatic heterocycles. The molecule has 1 atom stereocenters. The topological polar surface area (TPSA) is 49.3 Å². The van der Waals surface area contributed by atoms with E-state index in [1.807, 2.05) is 22.4 Å². The highest BCUT2D eigenvalue weighted by atomic mass is 32.1. The molecule has 0 aliphatic carbocycles. The van der Waals surface area contributed by atoms with Gasteiger partial charge in [0.05, 0.1) is 4.88 Å². The van der Waals surface area contributed by atoms with Crippen LogP contribution in [0.1, 0.15) is 64.1 Å². The number of aromatic nitrogens is 2. The van der Waals surface area contributed by atoms with Gasteiger partial charge in [-0.1, -0.05) is 49.7 Å². The maximum atomic E-state index is 12.8. The first-order chi connectivity index (χ1) is 15.5. The molecule has 0 spiro atoms. The van der Waals surface area contributed by atoms with Crippen LogP contribution < -0.4 is 4.90 Å². The molecule has 0 unspecified atom stereocenters. The third-order valence-corrected chi connectivity index (χ3v) is 7.18. The number of hydrogen-bond acceptors (Lipinski definition) is 5. The summed E-state index contributed by atoms with van der Waals surface area (Å²) in [6.07, 6.45) is 1.83. The average Bonchev–Trinajstić information content (AvgIpc) is 3.34. The largest absolute Gasteiger partial charge is 0.353 e. The molecule has 32 heavy (non-hydrogen) atoms. The Morgan fingerprint density at radius 1 is 1.09 bits per heavy atom. The number of rotatable bonds is 6. The highest BCUT2D eigenvalue weighted by Crippen LogP contribution is 2.28. The quantitative estimate of drug-likeness (QED) is 0.519. The monoisotopic (exact) mass is 448 g/mol. The van der Waals surface area contributed by atoms with Crippen molar-refractivity contribution in [3.8, 4) is 0 Å². The van der Waals surface area contributed by atoms with Gasteiger partial charge in [0.25, 0.3) is 5.91 Å². The van der Waals surface area contributed by atoms with Crippen LogP contribution in [0.2, 0.25) is 0 Å². The minimum absolute atomic E-state index is 0.138. The van der Waals surface area contributed by atoms with E-state index < -0.39 is 0 Å². The third-order valence-electron chi connectivity index (χ3n) is 6.32. The number of aryl methyl sites for hydroxylation is 2. The molecule has 1 fully saturated rings. The minimum atomic E-state index is 0.138. The summed E-state index contributed by atoms with van der Waals surface area (Å²) in [5.41, 5.74) is 4.80. The number of carbonyl (C=O) groups excluding carboxylic acids is 1. The Labute approximate surface area is 195 Å². The fraction of sp³-hybridized carbons (Fsp3) is 0.423. The third kappa shape index (κ3) is 4.85. The molecular formula is C26H32N4OS. The van der Waals surface area contributed by atoms with Crippen molar-refractivity contribution in [2.45, 2.75) is 46.5 Å². The zero-order valence-electron chi connectivity index (χ0n) is 19.5. The molecular weight excluding hydrogens is 416 g/mol. The summed E-state index contributed by atoms with van der Waals surface area (Å²) in [6.45, 7) is 11.6. The molecule has 0 saturated carbocycles. The van der Waals surface area contributed by atoms with Crippen molar-refractivity contribution < 1.29 is 4.79 Å². The molecule has 3 heterocycles. The summed E-state index contributed by atoms with van der Waals surface area (Å²) in [5.74, 6) is 2.42. The van der Waals surface area contributed by atoms with Gasteiger partial charge < -0.3 is 9.80 Å². The Kier molecular flexibility index (Phi) is 6.89. The van der Waals surface area contributed by atoms with Crippen LogP contribution in [-0.4, -0.2) is 47.0 Å². The highest BCUT2D eigenvalue weighted by molar-refractivity contribution is 7.12. The van der Waals surface area contributed by atoms with Crippen molar-refractivity contribution >= 4 is 23.1 Å². The van der Waals surface area contributed by atoms with E-state index in [-0.39, 0.29) is 5.91 Å². The predicted octanol–water partition coefficient (Wildman–Crippen LogP) is 5.22. The van der Waals surface area contributed by atoms with Gasteiger partial charge in [-0.15, -0.1) is 11.3 Å². The van der Waals surface area contributed by atoms with E-state index in [2.05, 4.69) is 56.9 Å². The van der Waals surface area contributed by atoms with Gasteiger partial charge >= 0.3 is 0 Å². The number of thiophene rings is 1. The first kappa shape index (κ1) is 22.5. The molecule has 5 nitrogen and oxygen atoms in total. The summed E-state index contributed by atoms with van der Waals surface area (Å²) in [7, 11) is 0. The van der Waals surface area contributed by atoms with Gasteiger partial charge in [-0.25, -0.2) is 9.97 Å². The van der Waals surface area contributed by atoms with Crippen LogP contribution in [0.3, 0.4) is 0 Å². The van der Waals surface area contributed by atoms with Crippen LogP contribution in [0.15, 0.2) is 41.8 Å². The smallest absolute Gasteiger partial charge is 0.264 e. The summed E-state index contributed by atoms with van der Waals surface area (Å²) in [4.78, 5) is 27.9. The van der Waals surface area contributed by atoms with Crippen molar-refractivity contribution in [3.05, 3.63) is 74.9 Å². The SMILES string of the molecule is CC[C@H](C)c1nc(C)c(Cc2cccc(C)c2)c(N2CCN(C(=O)c3cccs3)CC2)n1. The number of amides is 1. The Morgan fingerprint density at radius 3 is 2.53 bits per heavy atom. The highest BCUT2D eigenvalue weighted by Gasteiger charge is 2.26. The van der Waals surface area contributed by atoms with Gasteiger partial charge in [-0.05, 0) is 37.3 Å². The lowest BCUT2D eigenvalue weighted by molar-refractivity contribution is 0.0751. The van der Waals surface area contributed by atoms with Crippen LogP contribution in [0.25, 0.3) is 0 Å². The van der Waals surface area contributed by atoms with Crippen molar-refractivity contribution in [2.75, 3.05) is 31.1 Å². The molecule has 3 aromatic rings. The van der Waals surface area contributed by atoms with Crippen molar-refractivity contribution in [2.24, 2.45) is 0 Å². The number of piperazine rings is 1. The summed E-state index contributed by atoms with van der Waals surface area (Å²) in [6, 6.07) is 12.5. The number of carbonyl (C=O) groups is 1. The molecule has 1 aliphatic rings. The molecule has 1 amide bonds. The van der Waals surface area contributed by atoms with Crippen LogP contribution in [0.4, 0.5) is 5.82 Å². The Bertz CT molecular complexity index is 1070. The molecule has 168 valence electrons. The van der Waals surface area contributed by atoms with E-state index in [1.165, 1.54) is 28.0 Å². The van der Waals surface area contributed by atoms with E-state index in [9.17, 15) is 4.79 Å². The summed E-state index contributed by atoms with van der Waals surface area (Å²) < 4.78 is 0. The first-order valence-corrected chi connectivity index (χ1v) is 12.3. The van der Waals surface area contributed by atoms with Crippen LogP contribution in [0, 0.1) is 13.8 Å². The average molecular weight is 449 g/mol. The Balaban J connectivity index is 1.61. The molecule has 1 aromatic carbocycles. The van der Waals surface area contributed by atoms with Crippen molar-refractivity contribution in [1.29, 1.82) is 0 Å². The lowest BCUT2D eigenvalue weighted by Crippen LogP contribution is -2.49. The van der Waals surface area contributed by atoms with Crippen LogP contribution >= 0.6 is 11.3 Å². The van der Waals surface area contributed by atoms with Crippen LogP contribution in [0.5, 0.6) is 0 Å².